The van der Waals surface area contributed by atoms with E-state index in [9.17, 15) is 18.3 Å². The van der Waals surface area contributed by atoms with E-state index < -0.39 is 21.7 Å². The Morgan fingerprint density at radius 1 is 1.32 bits per heavy atom. The summed E-state index contributed by atoms with van der Waals surface area (Å²) >= 11 is 7.48. The molecule has 4 rings (SSSR count). The summed E-state index contributed by atoms with van der Waals surface area (Å²) in [6.07, 6.45) is 4.77. The van der Waals surface area contributed by atoms with Gasteiger partial charge in [-0.2, -0.15) is 0 Å². The Bertz CT molecular complexity index is 1250. The summed E-state index contributed by atoms with van der Waals surface area (Å²) in [7, 11) is -3.51. The molecule has 0 bridgehead atoms. The molecule has 0 saturated heterocycles. The van der Waals surface area contributed by atoms with Crippen molar-refractivity contribution in [3.8, 4) is 0 Å². The summed E-state index contributed by atoms with van der Waals surface area (Å²) in [5.74, 6) is -1.59. The van der Waals surface area contributed by atoms with E-state index in [0.717, 1.165) is 28.3 Å². The minimum Gasteiger partial charge on any atom is -0.481 e. The number of hydrogen-bond acceptors (Lipinski definition) is 5. The van der Waals surface area contributed by atoms with E-state index >= 15 is 0 Å². The molecule has 6 nitrogen and oxygen atoms in total. The lowest BCUT2D eigenvalue weighted by atomic mass is 9.82. The molecule has 3 aromatic rings. The van der Waals surface area contributed by atoms with E-state index in [-0.39, 0.29) is 10.8 Å². The van der Waals surface area contributed by atoms with E-state index in [4.69, 9.17) is 11.6 Å². The first-order chi connectivity index (χ1) is 14.7. The van der Waals surface area contributed by atoms with Crippen LogP contribution in [0.25, 0.3) is 11.0 Å². The van der Waals surface area contributed by atoms with Crippen LogP contribution < -0.4 is 0 Å². The van der Waals surface area contributed by atoms with Gasteiger partial charge >= 0.3 is 5.97 Å². The first kappa shape index (κ1) is 22.2. The van der Waals surface area contributed by atoms with Gasteiger partial charge in [-0.15, -0.1) is 0 Å². The van der Waals surface area contributed by atoms with Gasteiger partial charge in [-0.1, -0.05) is 30.3 Å². The fourth-order valence-electron chi connectivity index (χ4n) is 4.47. The lowest BCUT2D eigenvalue weighted by molar-refractivity contribution is -0.143. The van der Waals surface area contributed by atoms with Gasteiger partial charge in [0.1, 0.15) is 5.65 Å². The van der Waals surface area contributed by atoms with Gasteiger partial charge < -0.3 is 9.67 Å². The van der Waals surface area contributed by atoms with Crippen LogP contribution in [-0.2, 0) is 21.2 Å². The molecule has 0 fully saturated rings. The molecule has 1 aromatic carbocycles. The zero-order valence-electron chi connectivity index (χ0n) is 17.2. The highest BCUT2D eigenvalue weighted by Gasteiger charge is 2.37. The van der Waals surface area contributed by atoms with Crippen LogP contribution >= 0.6 is 23.4 Å². The lowest BCUT2D eigenvalue weighted by Crippen LogP contribution is -2.27. The minimum atomic E-state index is -3.51. The Kier molecular flexibility index (Phi) is 6.07. The van der Waals surface area contributed by atoms with Crippen LogP contribution in [0.2, 0.25) is 5.02 Å². The SMILES string of the molecule is CCC(C(=O)O)C1CCCn2c1c(Sc1ccc(Cl)cc1)c1c(S(C)(=O)=O)ccnc12. The molecule has 1 aliphatic heterocycles. The zero-order valence-corrected chi connectivity index (χ0v) is 19.6. The van der Waals surface area contributed by atoms with Gasteiger partial charge in [0.05, 0.1) is 16.2 Å². The third kappa shape index (κ3) is 4.08. The number of nitrogens with zero attached hydrogens (tertiary/aromatic N) is 2. The number of benzene rings is 1. The fraction of sp³-hybridized carbons (Fsp3) is 0.364. The van der Waals surface area contributed by atoms with Gasteiger partial charge in [-0.25, -0.2) is 13.4 Å². The Morgan fingerprint density at radius 2 is 2.03 bits per heavy atom. The Hall–Kier alpha value is -2.03. The predicted octanol–water partition coefficient (Wildman–Crippen LogP) is 5.23. The molecular formula is C22H23ClN2O4S2. The monoisotopic (exact) mass is 478 g/mol. The molecule has 2 atom stereocenters. The van der Waals surface area contributed by atoms with Crippen molar-refractivity contribution in [1.29, 1.82) is 0 Å². The van der Waals surface area contributed by atoms with E-state index in [2.05, 4.69) is 4.98 Å². The summed E-state index contributed by atoms with van der Waals surface area (Å²) < 4.78 is 27.3. The summed E-state index contributed by atoms with van der Waals surface area (Å²) in [5, 5.41) is 11.1. The molecule has 164 valence electrons. The van der Waals surface area contributed by atoms with Crippen molar-refractivity contribution in [3.05, 3.63) is 47.2 Å². The van der Waals surface area contributed by atoms with Gasteiger partial charge in [-0.05, 0) is 49.6 Å². The van der Waals surface area contributed by atoms with Crippen molar-refractivity contribution < 1.29 is 18.3 Å². The molecule has 1 aliphatic rings. The van der Waals surface area contributed by atoms with Gasteiger partial charge in [0.25, 0.3) is 0 Å². The van der Waals surface area contributed by atoms with E-state index in [1.54, 1.807) is 12.1 Å². The van der Waals surface area contributed by atoms with Crippen molar-refractivity contribution in [2.75, 3.05) is 6.26 Å². The Morgan fingerprint density at radius 3 is 2.65 bits per heavy atom. The first-order valence-corrected chi connectivity index (χ1v) is 13.2. The molecule has 31 heavy (non-hydrogen) atoms. The summed E-state index contributed by atoms with van der Waals surface area (Å²) in [4.78, 5) is 18.5. The lowest BCUT2D eigenvalue weighted by Gasteiger charge is -2.30. The number of sulfone groups is 1. The molecule has 2 aromatic heterocycles. The second-order valence-electron chi connectivity index (χ2n) is 7.80. The van der Waals surface area contributed by atoms with Gasteiger partial charge in [0.15, 0.2) is 9.84 Å². The number of aryl methyl sites for hydroxylation is 1. The molecule has 0 aliphatic carbocycles. The first-order valence-electron chi connectivity index (χ1n) is 10.1. The summed E-state index contributed by atoms with van der Waals surface area (Å²) in [5.41, 5.74) is 1.47. The van der Waals surface area contributed by atoms with E-state index in [1.807, 2.05) is 23.6 Å². The van der Waals surface area contributed by atoms with Crippen molar-refractivity contribution >= 4 is 50.2 Å². The van der Waals surface area contributed by atoms with Crippen molar-refractivity contribution in [2.24, 2.45) is 5.92 Å². The second kappa shape index (κ2) is 8.48. The molecule has 0 amide bonds. The van der Waals surface area contributed by atoms with Crippen LogP contribution in [0.15, 0.2) is 51.2 Å². The van der Waals surface area contributed by atoms with Gasteiger partial charge in [-0.3, -0.25) is 4.79 Å². The normalized spacial score (nSPS) is 17.5. The highest BCUT2D eigenvalue weighted by molar-refractivity contribution is 7.99. The molecule has 0 spiro atoms. The minimum absolute atomic E-state index is 0.215. The van der Waals surface area contributed by atoms with E-state index in [0.29, 0.717) is 29.0 Å². The maximum Gasteiger partial charge on any atom is 0.307 e. The molecule has 1 N–H and O–H groups in total. The average Bonchev–Trinajstić information content (AvgIpc) is 3.04. The number of rotatable bonds is 6. The van der Waals surface area contributed by atoms with Crippen molar-refractivity contribution in [1.82, 2.24) is 9.55 Å². The molecule has 9 heteroatoms. The number of carbonyl (C=O) groups is 1. The predicted molar refractivity (Wildman–Crippen MR) is 122 cm³/mol. The summed E-state index contributed by atoms with van der Waals surface area (Å²) in [6.45, 7) is 2.56. The Balaban J connectivity index is 2.04. The number of carboxylic acid groups (broad SMARTS) is 1. The average molecular weight is 479 g/mol. The van der Waals surface area contributed by atoms with Gasteiger partial charge in [0, 0.05) is 45.4 Å². The quantitative estimate of drug-likeness (QED) is 0.521. The maximum atomic E-state index is 12.6. The van der Waals surface area contributed by atoms with Crippen LogP contribution in [0.1, 0.15) is 37.8 Å². The molecular weight excluding hydrogens is 456 g/mol. The number of carboxylic acids is 1. The van der Waals surface area contributed by atoms with Gasteiger partial charge in [0.2, 0.25) is 0 Å². The van der Waals surface area contributed by atoms with Crippen LogP contribution in [0.3, 0.4) is 0 Å². The second-order valence-corrected chi connectivity index (χ2v) is 11.3. The topological polar surface area (TPSA) is 89.3 Å². The number of halogens is 1. The number of fused-ring (bicyclic) bond motifs is 3. The number of aliphatic carboxylic acids is 1. The third-order valence-electron chi connectivity index (χ3n) is 5.82. The number of aromatic nitrogens is 2. The number of pyridine rings is 1. The molecule has 3 heterocycles. The fourth-order valence-corrected chi connectivity index (χ4v) is 6.71. The zero-order chi connectivity index (χ0) is 22.3. The van der Waals surface area contributed by atoms with E-state index in [1.165, 1.54) is 30.3 Å². The maximum absolute atomic E-state index is 12.6. The largest absolute Gasteiger partial charge is 0.481 e. The molecule has 0 saturated carbocycles. The highest BCUT2D eigenvalue weighted by Crippen LogP contribution is 2.48. The Labute approximate surface area is 190 Å². The van der Waals surface area contributed by atoms with Crippen LogP contribution in [0.5, 0.6) is 0 Å². The summed E-state index contributed by atoms with van der Waals surface area (Å²) in [6, 6.07) is 8.86. The van der Waals surface area contributed by atoms with Crippen LogP contribution in [-0.4, -0.2) is 35.3 Å². The molecule has 2 unspecified atom stereocenters. The smallest absolute Gasteiger partial charge is 0.307 e. The van der Waals surface area contributed by atoms with Crippen LogP contribution in [0.4, 0.5) is 0 Å². The van der Waals surface area contributed by atoms with Crippen LogP contribution in [0, 0.1) is 5.92 Å². The van der Waals surface area contributed by atoms with Crippen molar-refractivity contribution in [3.63, 3.8) is 0 Å². The third-order valence-corrected chi connectivity index (χ3v) is 8.34. The standard InChI is InChI=1S/C22H23ClN2O4S2/c1-3-15(22(26)27)16-5-4-12-25-19(16)20(30-14-8-6-13(23)7-9-14)18-17(31(2,28)29)10-11-24-21(18)25/h6-11,15-16H,3-5,12H2,1-2H3,(H,26,27). The molecule has 0 radical (unpaired) electrons. The van der Waals surface area contributed by atoms with Crippen molar-refractivity contribution in [2.45, 2.75) is 53.3 Å². The highest BCUT2D eigenvalue weighted by atomic mass is 35.5. The number of hydrogen-bond donors (Lipinski definition) is 1.